The normalized spacial score (nSPS) is 18.4. The molecule has 0 radical (unpaired) electrons. The van der Waals surface area contributed by atoms with E-state index in [1.807, 2.05) is 24.3 Å². The van der Waals surface area contributed by atoms with Crippen LogP contribution in [-0.4, -0.2) is 14.4 Å². The summed E-state index contributed by atoms with van der Waals surface area (Å²) in [6.07, 6.45) is 0. The van der Waals surface area contributed by atoms with Crippen LogP contribution in [0.25, 0.3) is 0 Å². The second-order valence-electron chi connectivity index (χ2n) is 2.53. The molecule has 0 unspecified atom stereocenters. The molecular formula is C8H8AsClO2. The first kappa shape index (κ1) is 8.58. The Morgan fingerprint density at radius 2 is 1.58 bits per heavy atom. The van der Waals surface area contributed by atoms with Gasteiger partial charge in [0.25, 0.3) is 0 Å². The van der Waals surface area contributed by atoms with Gasteiger partial charge in [0.05, 0.1) is 0 Å². The summed E-state index contributed by atoms with van der Waals surface area (Å²) in [7, 11) is 5.81. The van der Waals surface area contributed by atoms with E-state index >= 15 is 0 Å². The number of hydrogen-bond acceptors (Lipinski definition) is 2. The van der Waals surface area contributed by atoms with Crippen molar-refractivity contribution in [2.75, 3.05) is 0 Å². The molecule has 0 atom stereocenters. The third-order valence-electron chi connectivity index (χ3n) is 1.76. The van der Waals surface area contributed by atoms with Crippen LogP contribution in [-0.2, 0) is 20.7 Å². The summed E-state index contributed by atoms with van der Waals surface area (Å²) in [6, 6.07) is 8.09. The van der Waals surface area contributed by atoms with Crippen LogP contribution >= 0.6 is 9.95 Å². The quantitative estimate of drug-likeness (QED) is 0.652. The van der Waals surface area contributed by atoms with E-state index in [4.69, 9.17) is 17.4 Å². The Bertz CT molecular complexity index is 253. The Kier molecular flexibility index (Phi) is 2.72. The van der Waals surface area contributed by atoms with Gasteiger partial charge in [-0.1, -0.05) is 0 Å². The van der Waals surface area contributed by atoms with Crippen molar-refractivity contribution in [2.45, 2.75) is 13.2 Å². The zero-order valence-corrected chi connectivity index (χ0v) is 9.00. The summed E-state index contributed by atoms with van der Waals surface area (Å²) >= 11 is -1.92. The van der Waals surface area contributed by atoms with Gasteiger partial charge in [-0.25, -0.2) is 0 Å². The third kappa shape index (κ3) is 1.83. The minimum atomic E-state index is -1.92. The van der Waals surface area contributed by atoms with Crippen molar-refractivity contribution in [3.05, 3.63) is 35.4 Å². The van der Waals surface area contributed by atoms with Gasteiger partial charge in [-0.3, -0.25) is 0 Å². The van der Waals surface area contributed by atoms with Gasteiger partial charge in [-0.2, -0.15) is 0 Å². The first-order valence-electron chi connectivity index (χ1n) is 3.65. The van der Waals surface area contributed by atoms with Crippen molar-refractivity contribution in [3.63, 3.8) is 0 Å². The van der Waals surface area contributed by atoms with Gasteiger partial charge in [0.1, 0.15) is 0 Å². The molecular weight excluding hydrogens is 238 g/mol. The topological polar surface area (TPSA) is 18.5 Å². The number of halogens is 1. The van der Waals surface area contributed by atoms with Gasteiger partial charge in [0, 0.05) is 0 Å². The predicted molar refractivity (Wildman–Crippen MR) is 47.6 cm³/mol. The molecule has 0 aromatic heterocycles. The summed E-state index contributed by atoms with van der Waals surface area (Å²) in [4.78, 5) is 0. The SMILES string of the molecule is Cl[As]1OCc2ccccc2CO1. The maximum atomic E-state index is 5.81. The van der Waals surface area contributed by atoms with E-state index in [-0.39, 0.29) is 0 Å². The Labute approximate surface area is 80.6 Å². The second kappa shape index (κ2) is 3.80. The van der Waals surface area contributed by atoms with E-state index < -0.39 is 14.4 Å². The minimum absolute atomic E-state index is 0.597. The van der Waals surface area contributed by atoms with E-state index in [1.165, 1.54) is 11.1 Å². The van der Waals surface area contributed by atoms with Crippen LogP contribution in [0, 0.1) is 0 Å². The van der Waals surface area contributed by atoms with Crippen LogP contribution in [0.3, 0.4) is 0 Å². The molecule has 2 nitrogen and oxygen atoms in total. The molecule has 4 heteroatoms. The monoisotopic (exact) mass is 246 g/mol. The molecule has 1 aromatic rings. The average molecular weight is 247 g/mol. The van der Waals surface area contributed by atoms with Crippen LogP contribution in [0.5, 0.6) is 0 Å². The fraction of sp³-hybridized carbons (Fsp3) is 0.250. The Morgan fingerprint density at radius 1 is 1.08 bits per heavy atom. The molecule has 0 N–H and O–H groups in total. The number of hydrogen-bond donors (Lipinski definition) is 0. The average Bonchev–Trinajstić information content (AvgIpc) is 2.29. The molecule has 0 saturated heterocycles. The molecule has 12 heavy (non-hydrogen) atoms. The summed E-state index contributed by atoms with van der Waals surface area (Å²) in [5, 5.41) is 0. The molecule has 1 aliphatic heterocycles. The van der Waals surface area contributed by atoms with E-state index in [0.717, 1.165) is 0 Å². The molecule has 0 amide bonds. The number of rotatable bonds is 0. The summed E-state index contributed by atoms with van der Waals surface area (Å²) < 4.78 is 10.6. The standard InChI is InChI=1S/C8H8AsClO2/c10-9-11-5-7-3-1-2-4-8(7)6-12-9/h1-4H,5-6H2. The second-order valence-corrected chi connectivity index (χ2v) is 5.94. The van der Waals surface area contributed by atoms with Gasteiger partial charge in [-0.15, -0.1) is 0 Å². The first-order valence-corrected chi connectivity index (χ1v) is 7.64. The maximum absolute atomic E-state index is 5.81. The van der Waals surface area contributed by atoms with Crippen molar-refractivity contribution in [1.29, 1.82) is 0 Å². The van der Waals surface area contributed by atoms with Crippen LogP contribution < -0.4 is 0 Å². The fourth-order valence-corrected chi connectivity index (χ4v) is 2.79. The molecule has 2 rings (SSSR count). The molecule has 1 aromatic carbocycles. The van der Waals surface area contributed by atoms with Gasteiger partial charge in [0.15, 0.2) is 0 Å². The molecule has 64 valence electrons. The molecule has 0 aliphatic carbocycles. The van der Waals surface area contributed by atoms with Gasteiger partial charge < -0.3 is 0 Å². The summed E-state index contributed by atoms with van der Waals surface area (Å²) in [6.45, 7) is 1.19. The molecule has 1 heterocycles. The summed E-state index contributed by atoms with van der Waals surface area (Å²) in [5.41, 5.74) is 2.38. The zero-order valence-electron chi connectivity index (χ0n) is 6.37. The Hall–Kier alpha value is -0.0116. The Morgan fingerprint density at radius 3 is 2.08 bits per heavy atom. The van der Waals surface area contributed by atoms with E-state index in [9.17, 15) is 0 Å². The van der Waals surface area contributed by atoms with Crippen molar-refractivity contribution >= 4 is 24.3 Å². The van der Waals surface area contributed by atoms with Crippen LogP contribution in [0.2, 0.25) is 0 Å². The molecule has 0 fully saturated rings. The first-order chi connectivity index (χ1) is 5.86. The summed E-state index contributed by atoms with van der Waals surface area (Å²) in [5.74, 6) is 0. The van der Waals surface area contributed by atoms with Crippen molar-refractivity contribution in [2.24, 2.45) is 0 Å². The van der Waals surface area contributed by atoms with E-state index in [0.29, 0.717) is 13.2 Å². The van der Waals surface area contributed by atoms with Crippen LogP contribution in [0.15, 0.2) is 24.3 Å². The van der Waals surface area contributed by atoms with Gasteiger partial charge >= 0.3 is 80.4 Å². The fourth-order valence-electron chi connectivity index (χ4n) is 1.12. The molecule has 1 aliphatic rings. The zero-order chi connectivity index (χ0) is 8.39. The number of benzene rings is 1. The molecule has 0 bridgehead atoms. The number of fused-ring (bicyclic) bond motifs is 1. The molecule has 0 saturated carbocycles. The third-order valence-corrected chi connectivity index (χ3v) is 4.17. The predicted octanol–water partition coefficient (Wildman–Crippen LogP) is 1.96. The van der Waals surface area contributed by atoms with Crippen molar-refractivity contribution < 1.29 is 7.45 Å². The van der Waals surface area contributed by atoms with E-state index in [2.05, 4.69) is 0 Å². The van der Waals surface area contributed by atoms with Crippen LogP contribution in [0.4, 0.5) is 0 Å². The van der Waals surface area contributed by atoms with Crippen molar-refractivity contribution in [3.8, 4) is 0 Å². The van der Waals surface area contributed by atoms with Crippen molar-refractivity contribution in [1.82, 2.24) is 0 Å². The van der Waals surface area contributed by atoms with Gasteiger partial charge in [0.2, 0.25) is 0 Å². The van der Waals surface area contributed by atoms with Gasteiger partial charge in [-0.05, 0) is 0 Å². The Balaban J connectivity index is 2.26. The van der Waals surface area contributed by atoms with E-state index in [1.54, 1.807) is 0 Å². The molecule has 0 spiro atoms. The van der Waals surface area contributed by atoms with Crippen LogP contribution in [0.1, 0.15) is 11.1 Å².